The highest BCUT2D eigenvalue weighted by Crippen LogP contribution is 2.22. The van der Waals surface area contributed by atoms with Gasteiger partial charge in [-0.3, -0.25) is 10.1 Å². The van der Waals surface area contributed by atoms with Crippen LogP contribution in [0.2, 0.25) is 0 Å². The lowest BCUT2D eigenvalue weighted by atomic mass is 10.1. The highest BCUT2D eigenvalue weighted by molar-refractivity contribution is 7.09. The van der Waals surface area contributed by atoms with Gasteiger partial charge in [0.2, 0.25) is 5.13 Å². The minimum Gasteiger partial charge on any atom is -0.496 e. The van der Waals surface area contributed by atoms with Crippen LogP contribution in [0, 0.1) is 0 Å². The quantitative estimate of drug-likeness (QED) is 0.781. The number of nitrogens with one attached hydrogen (secondary N) is 1. The number of hydrogen-bond donors (Lipinski definition) is 2. The van der Waals surface area contributed by atoms with Gasteiger partial charge in [-0.2, -0.15) is 0 Å². The lowest BCUT2D eigenvalue weighted by Crippen LogP contribution is -2.13. The van der Waals surface area contributed by atoms with E-state index in [9.17, 15) is 4.79 Å². The summed E-state index contributed by atoms with van der Waals surface area (Å²) in [4.78, 5) is 11.9. The molecule has 17 heavy (non-hydrogen) atoms. The number of hydrogen-bond acceptors (Lipinski definition) is 7. The summed E-state index contributed by atoms with van der Waals surface area (Å²) in [6.45, 7) is 0. The molecule has 0 bridgehead atoms. The third-order valence-electron chi connectivity index (χ3n) is 1.99. The van der Waals surface area contributed by atoms with E-state index in [1.165, 1.54) is 7.11 Å². The Morgan fingerprint density at radius 1 is 1.53 bits per heavy atom. The van der Waals surface area contributed by atoms with Gasteiger partial charge in [-0.05, 0) is 17.3 Å². The number of benzene rings is 1. The molecule has 2 aromatic rings. The average Bonchev–Trinajstić information content (AvgIpc) is 2.81. The average molecular weight is 251 g/mol. The van der Waals surface area contributed by atoms with E-state index in [0.717, 1.165) is 11.5 Å². The van der Waals surface area contributed by atoms with Gasteiger partial charge in [0.25, 0.3) is 5.91 Å². The molecule has 0 aliphatic rings. The van der Waals surface area contributed by atoms with Gasteiger partial charge in [-0.1, -0.05) is 9.59 Å². The fraction of sp³-hybridized carbons (Fsp3) is 0.111. The van der Waals surface area contributed by atoms with Crippen molar-refractivity contribution in [3.05, 3.63) is 23.8 Å². The van der Waals surface area contributed by atoms with Gasteiger partial charge in [0, 0.05) is 23.3 Å². The summed E-state index contributed by atoms with van der Waals surface area (Å²) >= 11 is 0.993. The number of rotatable bonds is 3. The Balaban J connectivity index is 2.24. The van der Waals surface area contributed by atoms with E-state index in [2.05, 4.69) is 20.1 Å². The third-order valence-corrected chi connectivity index (χ3v) is 2.50. The van der Waals surface area contributed by atoms with Crippen LogP contribution < -0.4 is 15.8 Å². The second-order valence-corrected chi connectivity index (χ2v) is 3.81. The zero-order valence-corrected chi connectivity index (χ0v) is 9.69. The maximum absolute atomic E-state index is 11.9. The first-order valence-corrected chi connectivity index (χ1v) is 5.38. The standard InChI is InChI=1S/C9H9N5O2S/c1-16-7-4-5(10)2-3-6(7)8(15)11-9-12-13-14-17-9/h2-4H,10H2,1H3,(H,11,12,14,15). The maximum atomic E-state index is 11.9. The van der Waals surface area contributed by atoms with Crippen molar-refractivity contribution >= 4 is 28.3 Å². The molecule has 1 amide bonds. The Morgan fingerprint density at radius 3 is 3.00 bits per heavy atom. The van der Waals surface area contributed by atoms with Gasteiger partial charge in [0.1, 0.15) is 5.75 Å². The lowest BCUT2D eigenvalue weighted by Gasteiger charge is -2.07. The zero-order valence-electron chi connectivity index (χ0n) is 8.88. The Morgan fingerprint density at radius 2 is 2.35 bits per heavy atom. The van der Waals surface area contributed by atoms with Crippen molar-refractivity contribution in [2.24, 2.45) is 0 Å². The summed E-state index contributed by atoms with van der Waals surface area (Å²) in [6, 6.07) is 4.78. The Kier molecular flexibility index (Phi) is 3.15. The van der Waals surface area contributed by atoms with Crippen molar-refractivity contribution in [2.45, 2.75) is 0 Å². The molecule has 0 saturated carbocycles. The normalized spacial score (nSPS) is 9.94. The Labute approximate surface area is 101 Å². The maximum Gasteiger partial charge on any atom is 0.261 e. The number of anilines is 2. The van der Waals surface area contributed by atoms with Crippen molar-refractivity contribution < 1.29 is 9.53 Å². The predicted molar refractivity (Wildman–Crippen MR) is 63.1 cm³/mol. The Bertz CT molecular complexity index is 528. The number of nitrogens with zero attached hydrogens (tertiary/aromatic N) is 3. The molecule has 0 spiro atoms. The van der Waals surface area contributed by atoms with Crippen LogP contribution in [-0.4, -0.2) is 27.8 Å². The van der Waals surface area contributed by atoms with Crippen LogP contribution in [0.4, 0.5) is 10.8 Å². The molecular formula is C9H9N5O2S. The molecule has 1 aromatic heterocycles. The predicted octanol–water partition coefficient (Wildman–Crippen LogP) is 0.776. The SMILES string of the molecule is COc1cc(N)ccc1C(=O)Nc1nnns1. The van der Waals surface area contributed by atoms with Crippen molar-refractivity contribution in [1.82, 2.24) is 14.8 Å². The minimum absolute atomic E-state index is 0.328. The van der Waals surface area contributed by atoms with E-state index < -0.39 is 0 Å². The highest BCUT2D eigenvalue weighted by Gasteiger charge is 2.14. The van der Waals surface area contributed by atoms with E-state index in [1.807, 2.05) is 0 Å². The van der Waals surface area contributed by atoms with E-state index in [-0.39, 0.29) is 5.91 Å². The van der Waals surface area contributed by atoms with Crippen LogP contribution in [-0.2, 0) is 0 Å². The second-order valence-electron chi connectivity index (χ2n) is 3.08. The minimum atomic E-state index is -0.347. The van der Waals surface area contributed by atoms with Gasteiger partial charge < -0.3 is 10.5 Å². The summed E-state index contributed by atoms with van der Waals surface area (Å²) < 4.78 is 8.62. The van der Waals surface area contributed by atoms with Crippen molar-refractivity contribution in [3.8, 4) is 5.75 Å². The van der Waals surface area contributed by atoms with Crippen LogP contribution in [0.15, 0.2) is 18.2 Å². The van der Waals surface area contributed by atoms with Crippen molar-refractivity contribution in [2.75, 3.05) is 18.2 Å². The molecule has 88 valence electrons. The first-order valence-electron chi connectivity index (χ1n) is 4.60. The summed E-state index contributed by atoms with van der Waals surface area (Å²) in [5.41, 5.74) is 6.49. The van der Waals surface area contributed by atoms with Crippen LogP contribution in [0.3, 0.4) is 0 Å². The fourth-order valence-electron chi connectivity index (χ4n) is 1.24. The molecule has 1 heterocycles. The molecule has 0 unspecified atom stereocenters. The summed E-state index contributed by atoms with van der Waals surface area (Å²) in [5.74, 6) is 0.0559. The monoisotopic (exact) mass is 251 g/mol. The summed E-state index contributed by atoms with van der Waals surface area (Å²) in [7, 11) is 1.47. The number of nitrogen functional groups attached to an aromatic ring is 1. The zero-order chi connectivity index (χ0) is 12.3. The summed E-state index contributed by atoms with van der Waals surface area (Å²) in [5, 5.41) is 9.88. The highest BCUT2D eigenvalue weighted by atomic mass is 32.1. The smallest absolute Gasteiger partial charge is 0.261 e. The van der Waals surface area contributed by atoms with Gasteiger partial charge >= 0.3 is 0 Å². The number of aromatic nitrogens is 3. The van der Waals surface area contributed by atoms with Gasteiger partial charge in [-0.25, -0.2) is 0 Å². The van der Waals surface area contributed by atoms with Gasteiger partial charge in [0.05, 0.1) is 12.7 Å². The van der Waals surface area contributed by atoms with Crippen LogP contribution in [0.25, 0.3) is 0 Å². The fourth-order valence-corrected chi connectivity index (χ4v) is 1.60. The number of carbonyl (C=O) groups is 1. The molecule has 0 aliphatic carbocycles. The molecule has 1 aromatic carbocycles. The molecule has 7 nitrogen and oxygen atoms in total. The van der Waals surface area contributed by atoms with E-state index in [0.29, 0.717) is 22.1 Å². The first-order chi connectivity index (χ1) is 8.20. The summed E-state index contributed by atoms with van der Waals surface area (Å²) in [6.07, 6.45) is 0. The van der Waals surface area contributed by atoms with E-state index >= 15 is 0 Å². The van der Waals surface area contributed by atoms with E-state index in [1.54, 1.807) is 18.2 Å². The van der Waals surface area contributed by atoms with E-state index in [4.69, 9.17) is 10.5 Å². The second kappa shape index (κ2) is 4.74. The first kappa shape index (κ1) is 11.3. The molecule has 0 radical (unpaired) electrons. The molecule has 8 heteroatoms. The molecule has 0 fully saturated rings. The van der Waals surface area contributed by atoms with Gasteiger partial charge in [-0.15, -0.1) is 0 Å². The van der Waals surface area contributed by atoms with Crippen molar-refractivity contribution in [3.63, 3.8) is 0 Å². The third kappa shape index (κ3) is 2.48. The van der Waals surface area contributed by atoms with Crippen molar-refractivity contribution in [1.29, 1.82) is 0 Å². The number of ether oxygens (including phenoxy) is 1. The molecule has 0 atom stereocenters. The number of amides is 1. The molecule has 0 saturated heterocycles. The Hall–Kier alpha value is -2.22. The number of nitrogens with two attached hydrogens (primary N) is 1. The number of methoxy groups -OCH3 is 1. The van der Waals surface area contributed by atoms with Crippen LogP contribution in [0.1, 0.15) is 10.4 Å². The largest absolute Gasteiger partial charge is 0.496 e. The molecule has 2 rings (SSSR count). The van der Waals surface area contributed by atoms with Gasteiger partial charge in [0.15, 0.2) is 0 Å². The lowest BCUT2D eigenvalue weighted by molar-refractivity contribution is 0.102. The van der Waals surface area contributed by atoms with Crippen LogP contribution >= 0.6 is 11.5 Å². The molecule has 0 aliphatic heterocycles. The molecule has 3 N–H and O–H groups in total. The number of carbonyl (C=O) groups excluding carboxylic acids is 1. The van der Waals surface area contributed by atoms with Crippen LogP contribution in [0.5, 0.6) is 5.75 Å². The molecular weight excluding hydrogens is 242 g/mol. The topological polar surface area (TPSA) is 103 Å².